The van der Waals surface area contributed by atoms with E-state index in [9.17, 15) is 17.8 Å². The second-order valence-corrected chi connectivity index (χ2v) is 7.03. The van der Waals surface area contributed by atoms with Crippen LogP contribution < -0.4 is 0 Å². The van der Waals surface area contributed by atoms with Crippen molar-refractivity contribution in [3.8, 4) is 0 Å². The number of hydrogen-bond donors (Lipinski definition) is 0. The number of carbonyl (C=O) groups is 1. The van der Waals surface area contributed by atoms with E-state index in [4.69, 9.17) is 0 Å². The van der Waals surface area contributed by atoms with Gasteiger partial charge in [-0.3, -0.25) is 9.00 Å². The maximum atomic E-state index is 13.8. The Kier molecular flexibility index (Phi) is 4.52. The van der Waals surface area contributed by atoms with Crippen LogP contribution in [0.4, 0.5) is 8.78 Å². The van der Waals surface area contributed by atoms with Gasteiger partial charge >= 0.3 is 0 Å². The Morgan fingerprint density at radius 1 is 1.30 bits per heavy atom. The van der Waals surface area contributed by atoms with E-state index in [2.05, 4.69) is 0 Å². The molecule has 1 aliphatic heterocycles. The molecule has 0 bridgehead atoms. The molecule has 0 spiro atoms. The minimum Gasteiger partial charge on any atom is -0.338 e. The number of benzene rings is 1. The largest absolute Gasteiger partial charge is 0.338 e. The van der Waals surface area contributed by atoms with Crippen LogP contribution in [0.2, 0.25) is 0 Å². The third-order valence-corrected chi connectivity index (χ3v) is 5.30. The summed E-state index contributed by atoms with van der Waals surface area (Å²) < 4.78 is 39.0. The molecule has 1 heterocycles. The predicted octanol–water partition coefficient (Wildman–Crippen LogP) is 2.26. The van der Waals surface area contributed by atoms with Gasteiger partial charge in [-0.15, -0.1) is 0 Å². The predicted molar refractivity (Wildman–Crippen MR) is 74.1 cm³/mol. The summed E-state index contributed by atoms with van der Waals surface area (Å²) in [5, 5.41) is 0.0207. The van der Waals surface area contributed by atoms with Gasteiger partial charge in [-0.25, -0.2) is 8.78 Å². The monoisotopic (exact) mass is 301 g/mol. The highest BCUT2D eigenvalue weighted by Crippen LogP contribution is 2.18. The molecule has 2 atom stereocenters. The van der Waals surface area contributed by atoms with Gasteiger partial charge in [-0.1, -0.05) is 6.92 Å². The highest BCUT2D eigenvalue weighted by Gasteiger charge is 2.25. The fourth-order valence-electron chi connectivity index (χ4n) is 2.17. The number of carbonyl (C=O) groups excluding carboxylic acids is 1. The first kappa shape index (κ1) is 15.1. The van der Waals surface area contributed by atoms with E-state index in [1.165, 1.54) is 11.8 Å². The van der Waals surface area contributed by atoms with Gasteiger partial charge in [0.05, 0.1) is 5.56 Å². The molecule has 0 saturated carbocycles. The maximum absolute atomic E-state index is 13.8. The van der Waals surface area contributed by atoms with Crippen molar-refractivity contribution in [3.63, 3.8) is 0 Å². The van der Waals surface area contributed by atoms with Crippen LogP contribution >= 0.6 is 0 Å². The summed E-state index contributed by atoms with van der Waals surface area (Å²) in [5.41, 5.74) is -0.0851. The number of aryl methyl sites for hydroxylation is 1. The smallest absolute Gasteiger partial charge is 0.256 e. The average molecular weight is 301 g/mol. The molecule has 2 unspecified atom stereocenters. The van der Waals surface area contributed by atoms with Crippen LogP contribution in [0.5, 0.6) is 0 Å². The molecule has 3 nitrogen and oxygen atoms in total. The Hall–Kier alpha value is -1.30. The standard InChI is InChI=1S/C14H17F2NO2S/c1-9-7-13(16)11(8-12(9)15)14(18)17-4-3-10(2)20(19)6-5-17/h7-8,10H,3-6H2,1-2H3. The zero-order valence-electron chi connectivity index (χ0n) is 11.5. The highest BCUT2D eigenvalue weighted by atomic mass is 32.2. The molecule has 1 fully saturated rings. The van der Waals surface area contributed by atoms with Gasteiger partial charge in [-0.2, -0.15) is 0 Å². The van der Waals surface area contributed by atoms with E-state index in [0.29, 0.717) is 25.3 Å². The van der Waals surface area contributed by atoms with Gasteiger partial charge in [0.2, 0.25) is 0 Å². The molecule has 20 heavy (non-hydrogen) atoms. The quantitative estimate of drug-likeness (QED) is 0.798. The zero-order valence-corrected chi connectivity index (χ0v) is 12.3. The van der Waals surface area contributed by atoms with Crippen molar-refractivity contribution in [2.24, 2.45) is 0 Å². The normalized spacial score (nSPS) is 23.5. The number of rotatable bonds is 1. The van der Waals surface area contributed by atoms with E-state index in [-0.39, 0.29) is 16.4 Å². The third-order valence-electron chi connectivity index (χ3n) is 3.58. The Labute approximate surface area is 119 Å². The summed E-state index contributed by atoms with van der Waals surface area (Å²) in [5.74, 6) is -1.47. The van der Waals surface area contributed by atoms with Gasteiger partial charge in [-0.05, 0) is 31.0 Å². The molecule has 0 aromatic heterocycles. The average Bonchev–Trinajstić information content (AvgIpc) is 2.56. The van der Waals surface area contributed by atoms with Crippen molar-refractivity contribution in [1.82, 2.24) is 4.90 Å². The Bertz CT molecular complexity index is 562. The zero-order chi connectivity index (χ0) is 14.9. The Morgan fingerprint density at radius 2 is 2.00 bits per heavy atom. The summed E-state index contributed by atoms with van der Waals surface area (Å²) in [6.07, 6.45) is 0.605. The Balaban J connectivity index is 2.23. The van der Waals surface area contributed by atoms with Crippen molar-refractivity contribution in [1.29, 1.82) is 0 Å². The second-order valence-electron chi connectivity index (χ2n) is 5.06. The van der Waals surface area contributed by atoms with Crippen molar-refractivity contribution in [2.75, 3.05) is 18.8 Å². The number of amides is 1. The van der Waals surface area contributed by atoms with E-state index < -0.39 is 28.3 Å². The first-order valence-electron chi connectivity index (χ1n) is 6.52. The second kappa shape index (κ2) is 5.99. The lowest BCUT2D eigenvalue weighted by Crippen LogP contribution is -2.34. The highest BCUT2D eigenvalue weighted by molar-refractivity contribution is 7.85. The van der Waals surface area contributed by atoms with Crippen LogP contribution in [-0.4, -0.2) is 39.1 Å². The summed E-state index contributed by atoms with van der Waals surface area (Å²) in [4.78, 5) is 13.7. The lowest BCUT2D eigenvalue weighted by molar-refractivity contribution is 0.0761. The van der Waals surface area contributed by atoms with Crippen LogP contribution in [0.25, 0.3) is 0 Å². The maximum Gasteiger partial charge on any atom is 0.256 e. The van der Waals surface area contributed by atoms with Gasteiger partial charge in [0, 0.05) is 34.9 Å². The first-order valence-corrected chi connectivity index (χ1v) is 7.90. The lowest BCUT2D eigenvalue weighted by atomic mass is 10.1. The minimum atomic E-state index is -0.971. The summed E-state index contributed by atoms with van der Waals surface area (Å²) in [6.45, 7) is 4.05. The molecular formula is C14H17F2NO2S. The molecular weight excluding hydrogens is 284 g/mol. The molecule has 1 amide bonds. The molecule has 0 aliphatic carbocycles. The fourth-order valence-corrected chi connectivity index (χ4v) is 3.34. The van der Waals surface area contributed by atoms with Crippen LogP contribution in [0, 0.1) is 18.6 Å². The molecule has 1 saturated heterocycles. The van der Waals surface area contributed by atoms with Crippen LogP contribution in [0.15, 0.2) is 12.1 Å². The van der Waals surface area contributed by atoms with Gasteiger partial charge in [0.25, 0.3) is 5.91 Å². The topological polar surface area (TPSA) is 37.4 Å². The molecule has 6 heteroatoms. The molecule has 0 N–H and O–H groups in total. The number of hydrogen-bond acceptors (Lipinski definition) is 2. The van der Waals surface area contributed by atoms with E-state index in [1.54, 1.807) is 0 Å². The minimum absolute atomic E-state index is 0.0207. The molecule has 110 valence electrons. The van der Waals surface area contributed by atoms with Crippen LogP contribution in [-0.2, 0) is 10.8 Å². The number of nitrogens with zero attached hydrogens (tertiary/aromatic N) is 1. The molecule has 1 aliphatic rings. The van der Waals surface area contributed by atoms with E-state index in [1.807, 2.05) is 6.92 Å². The van der Waals surface area contributed by atoms with Gasteiger partial charge in [0.15, 0.2) is 0 Å². The van der Waals surface area contributed by atoms with Crippen LogP contribution in [0.1, 0.15) is 29.3 Å². The first-order chi connectivity index (χ1) is 9.40. The van der Waals surface area contributed by atoms with Crippen molar-refractivity contribution < 1.29 is 17.8 Å². The molecule has 1 aromatic rings. The summed E-state index contributed by atoms with van der Waals surface area (Å²) in [7, 11) is -0.971. The Morgan fingerprint density at radius 3 is 2.70 bits per heavy atom. The van der Waals surface area contributed by atoms with Crippen LogP contribution in [0.3, 0.4) is 0 Å². The molecule has 2 rings (SSSR count). The van der Waals surface area contributed by atoms with E-state index >= 15 is 0 Å². The SMILES string of the molecule is Cc1cc(F)c(C(=O)N2CCC(C)S(=O)CC2)cc1F. The summed E-state index contributed by atoms with van der Waals surface area (Å²) in [6, 6.07) is 1.97. The lowest BCUT2D eigenvalue weighted by Gasteiger charge is -2.20. The van der Waals surface area contributed by atoms with Crippen molar-refractivity contribution in [2.45, 2.75) is 25.5 Å². The number of halogens is 2. The third kappa shape index (κ3) is 3.06. The molecule has 1 aromatic carbocycles. The van der Waals surface area contributed by atoms with Gasteiger partial charge < -0.3 is 4.90 Å². The fraction of sp³-hybridized carbons (Fsp3) is 0.500. The van der Waals surface area contributed by atoms with Gasteiger partial charge in [0.1, 0.15) is 11.6 Å². The van der Waals surface area contributed by atoms with Crippen molar-refractivity contribution in [3.05, 3.63) is 34.9 Å². The summed E-state index contributed by atoms with van der Waals surface area (Å²) >= 11 is 0. The van der Waals surface area contributed by atoms with E-state index in [0.717, 1.165) is 12.1 Å². The van der Waals surface area contributed by atoms with Crippen molar-refractivity contribution >= 4 is 16.7 Å². The molecule has 0 radical (unpaired) electrons.